The maximum absolute atomic E-state index is 13.4. The van der Waals surface area contributed by atoms with Crippen molar-refractivity contribution >= 4 is 34.3 Å². The maximum Gasteiger partial charge on any atom is 0.217 e. The van der Waals surface area contributed by atoms with Gasteiger partial charge in [-0.2, -0.15) is 0 Å². The Bertz CT molecular complexity index is 840. The van der Waals surface area contributed by atoms with Gasteiger partial charge >= 0.3 is 0 Å². The fourth-order valence-electron chi connectivity index (χ4n) is 2.61. The predicted molar refractivity (Wildman–Crippen MR) is 119 cm³/mol. The van der Waals surface area contributed by atoms with Crippen LogP contribution in [0.4, 0.5) is 9.52 Å². The second-order valence-corrected chi connectivity index (χ2v) is 7.62. The summed E-state index contributed by atoms with van der Waals surface area (Å²) < 4.78 is 13.4. The largest absolute Gasteiger partial charge is 0.370 e. The third-order valence-corrected chi connectivity index (χ3v) is 5.14. The van der Waals surface area contributed by atoms with Crippen LogP contribution in [-0.4, -0.2) is 41.9 Å². The zero-order valence-corrected chi connectivity index (χ0v) is 17.9. The molecule has 8 heteroatoms. The first-order valence-electron chi connectivity index (χ1n) is 9.50. The van der Waals surface area contributed by atoms with E-state index in [-0.39, 0.29) is 17.8 Å². The minimum Gasteiger partial charge on any atom is -0.370 e. The Labute approximate surface area is 175 Å². The molecule has 1 atom stereocenters. The molecule has 156 valence electrons. The third-order valence-electron chi connectivity index (χ3n) is 4.18. The van der Waals surface area contributed by atoms with E-state index >= 15 is 0 Å². The average molecular weight is 418 g/mol. The highest BCUT2D eigenvalue weighted by Crippen LogP contribution is 2.27. The van der Waals surface area contributed by atoms with Crippen LogP contribution in [0, 0.1) is 0 Å². The third kappa shape index (κ3) is 7.65. The van der Waals surface area contributed by atoms with Gasteiger partial charge in [-0.15, -0.1) is 11.3 Å². The normalized spacial score (nSPS) is 15.3. The molecule has 1 aliphatic rings. The second kappa shape index (κ2) is 11.3. The summed E-state index contributed by atoms with van der Waals surface area (Å²) in [7, 11) is 1.96. The molecule has 1 heterocycles. The average Bonchev–Trinajstić information content (AvgIpc) is 3.07. The summed E-state index contributed by atoms with van der Waals surface area (Å²) in [6, 6.07) is 0.00925. The van der Waals surface area contributed by atoms with Crippen LogP contribution in [0.3, 0.4) is 0 Å². The molecule has 0 radical (unpaired) electrons. The second-order valence-electron chi connectivity index (χ2n) is 6.79. The fraction of sp³-hybridized carbons (Fsp3) is 0.381. The molecule has 1 amide bonds. The molecular formula is C21H28FN5OS. The van der Waals surface area contributed by atoms with Gasteiger partial charge in [-0.3, -0.25) is 9.79 Å². The lowest BCUT2D eigenvalue weighted by molar-refractivity contribution is -0.118. The Balaban J connectivity index is 2.00. The standard InChI is InChI=1S/C21H28FN5OS/c1-4-12-27(14-24-16(2)8-11-20(23)28)15-26(3)21-25-19(13-29-21)17-6-5-7-18(22)10-9-17/h4,6-7,9-10,12-14,16H,5,8,11,15H2,1-3H3,(H2,23,28)/b12-4-,24-14?. The molecule has 1 unspecified atom stereocenters. The molecule has 2 rings (SSSR count). The lowest BCUT2D eigenvalue weighted by atomic mass is 10.2. The molecule has 0 saturated carbocycles. The molecule has 0 aromatic carbocycles. The number of amides is 1. The van der Waals surface area contributed by atoms with Crippen molar-refractivity contribution in [1.82, 2.24) is 9.88 Å². The van der Waals surface area contributed by atoms with E-state index in [9.17, 15) is 9.18 Å². The number of anilines is 1. The van der Waals surface area contributed by atoms with Gasteiger partial charge in [-0.25, -0.2) is 9.37 Å². The topological polar surface area (TPSA) is 74.8 Å². The van der Waals surface area contributed by atoms with E-state index < -0.39 is 0 Å². The number of rotatable bonds is 10. The van der Waals surface area contributed by atoms with Crippen LogP contribution in [0.2, 0.25) is 0 Å². The minimum absolute atomic E-state index is 0.00925. The van der Waals surface area contributed by atoms with E-state index in [2.05, 4.69) is 4.99 Å². The highest BCUT2D eigenvalue weighted by molar-refractivity contribution is 7.13. The first-order chi connectivity index (χ1) is 13.9. The molecule has 1 aromatic heterocycles. The van der Waals surface area contributed by atoms with E-state index in [4.69, 9.17) is 10.7 Å². The Morgan fingerprint density at radius 3 is 2.97 bits per heavy atom. The summed E-state index contributed by atoms with van der Waals surface area (Å²) in [5, 5.41) is 2.84. The van der Waals surface area contributed by atoms with Crippen molar-refractivity contribution in [3.63, 3.8) is 0 Å². The van der Waals surface area contributed by atoms with E-state index in [1.54, 1.807) is 18.5 Å². The SMILES string of the molecule is C/C=C\N(C=NC(C)CCC(N)=O)CN(C)c1nc(C2=CCC=C(F)C=C2)cs1. The molecule has 0 aliphatic heterocycles. The summed E-state index contributed by atoms with van der Waals surface area (Å²) in [5.74, 6) is -0.538. The zero-order chi connectivity index (χ0) is 21.2. The van der Waals surface area contributed by atoms with E-state index in [0.717, 1.165) is 16.4 Å². The van der Waals surface area contributed by atoms with Crippen LogP contribution in [0.1, 0.15) is 38.8 Å². The van der Waals surface area contributed by atoms with Crippen molar-refractivity contribution in [2.24, 2.45) is 10.7 Å². The van der Waals surface area contributed by atoms with Crippen LogP contribution in [-0.2, 0) is 4.79 Å². The molecule has 29 heavy (non-hydrogen) atoms. The van der Waals surface area contributed by atoms with Crippen LogP contribution in [0.15, 0.2) is 52.8 Å². The van der Waals surface area contributed by atoms with Gasteiger partial charge in [0.25, 0.3) is 0 Å². The predicted octanol–water partition coefficient (Wildman–Crippen LogP) is 4.25. The summed E-state index contributed by atoms with van der Waals surface area (Å²) in [4.78, 5) is 24.1. The summed E-state index contributed by atoms with van der Waals surface area (Å²) >= 11 is 1.54. The number of aromatic nitrogens is 1. The number of hydrogen-bond donors (Lipinski definition) is 1. The number of carbonyl (C=O) groups excluding carboxylic acids is 1. The number of nitrogens with zero attached hydrogens (tertiary/aromatic N) is 4. The number of halogens is 1. The zero-order valence-electron chi connectivity index (χ0n) is 17.1. The summed E-state index contributed by atoms with van der Waals surface area (Å²) in [6.45, 7) is 4.46. The number of hydrogen-bond acceptors (Lipinski definition) is 5. The maximum atomic E-state index is 13.4. The van der Waals surface area contributed by atoms with Gasteiger partial charge in [-0.1, -0.05) is 18.2 Å². The summed E-state index contributed by atoms with van der Waals surface area (Å²) in [6.07, 6.45) is 13.9. The van der Waals surface area contributed by atoms with Gasteiger partial charge in [0.05, 0.1) is 18.7 Å². The molecule has 0 spiro atoms. The first kappa shape index (κ1) is 22.5. The molecule has 0 fully saturated rings. The number of nitrogens with two attached hydrogens (primary N) is 1. The minimum atomic E-state index is -0.311. The van der Waals surface area contributed by atoms with Crippen molar-refractivity contribution in [1.29, 1.82) is 0 Å². The van der Waals surface area contributed by atoms with Crippen molar-refractivity contribution < 1.29 is 9.18 Å². The van der Waals surface area contributed by atoms with Gasteiger partial charge in [0, 0.05) is 31.1 Å². The van der Waals surface area contributed by atoms with E-state index in [1.807, 2.05) is 54.4 Å². The number of aliphatic imine (C=N–C) groups is 1. The molecular weight excluding hydrogens is 389 g/mol. The number of thiazole rings is 1. The van der Waals surface area contributed by atoms with Crippen LogP contribution >= 0.6 is 11.3 Å². The fourth-order valence-corrected chi connectivity index (χ4v) is 3.40. The van der Waals surface area contributed by atoms with Crippen LogP contribution in [0.25, 0.3) is 5.57 Å². The first-order valence-corrected chi connectivity index (χ1v) is 10.4. The highest BCUT2D eigenvalue weighted by atomic mass is 32.1. The lowest BCUT2D eigenvalue weighted by Crippen LogP contribution is -2.31. The Morgan fingerprint density at radius 1 is 1.45 bits per heavy atom. The molecule has 6 nitrogen and oxygen atoms in total. The van der Waals surface area contributed by atoms with Gasteiger partial charge < -0.3 is 15.5 Å². The quantitative estimate of drug-likeness (QED) is 0.351. The Hall–Kier alpha value is -2.74. The van der Waals surface area contributed by atoms with E-state index in [0.29, 0.717) is 25.9 Å². The van der Waals surface area contributed by atoms with E-state index in [1.165, 1.54) is 17.4 Å². The van der Waals surface area contributed by atoms with Gasteiger partial charge in [0.2, 0.25) is 5.91 Å². The molecule has 0 saturated heterocycles. The van der Waals surface area contributed by atoms with Gasteiger partial charge in [0.1, 0.15) is 5.83 Å². The smallest absolute Gasteiger partial charge is 0.217 e. The van der Waals surface area contributed by atoms with Crippen LogP contribution < -0.4 is 10.6 Å². The van der Waals surface area contributed by atoms with Crippen molar-refractivity contribution in [2.45, 2.75) is 39.2 Å². The van der Waals surface area contributed by atoms with Gasteiger partial charge in [-0.05, 0) is 44.4 Å². The highest BCUT2D eigenvalue weighted by Gasteiger charge is 2.12. The number of primary amides is 1. The van der Waals surface area contributed by atoms with Crippen molar-refractivity contribution in [3.8, 4) is 0 Å². The molecule has 2 N–H and O–H groups in total. The lowest BCUT2D eigenvalue weighted by Gasteiger charge is -2.23. The Kier molecular flexibility index (Phi) is 8.79. The molecule has 1 aromatic rings. The molecule has 0 bridgehead atoms. The Morgan fingerprint density at radius 2 is 2.24 bits per heavy atom. The monoisotopic (exact) mass is 417 g/mol. The van der Waals surface area contributed by atoms with Gasteiger partial charge in [0.15, 0.2) is 5.13 Å². The summed E-state index contributed by atoms with van der Waals surface area (Å²) in [5.41, 5.74) is 6.94. The molecule has 1 aliphatic carbocycles. The van der Waals surface area contributed by atoms with Crippen molar-refractivity contribution in [3.05, 3.63) is 53.5 Å². The van der Waals surface area contributed by atoms with Crippen molar-refractivity contribution in [2.75, 3.05) is 18.6 Å². The number of carbonyl (C=O) groups is 1. The number of allylic oxidation sites excluding steroid dienone is 7. The van der Waals surface area contributed by atoms with Crippen LogP contribution in [0.5, 0.6) is 0 Å².